The summed E-state index contributed by atoms with van der Waals surface area (Å²) in [6, 6.07) is 7.08. The van der Waals surface area contributed by atoms with E-state index in [2.05, 4.69) is 10.6 Å². The molecule has 0 spiro atoms. The van der Waals surface area contributed by atoms with Gasteiger partial charge >= 0.3 is 0 Å². The first-order valence-corrected chi connectivity index (χ1v) is 7.01. The number of likely N-dealkylation sites (N-methyl/N-ethyl adjacent to an activating group) is 1. The quantitative estimate of drug-likeness (QED) is 0.850. The highest BCUT2D eigenvalue weighted by atomic mass is 35.5. The van der Waals surface area contributed by atoms with Crippen molar-refractivity contribution in [2.75, 3.05) is 39.1 Å². The maximum Gasteiger partial charge on any atom is 0.259 e. The van der Waals surface area contributed by atoms with E-state index in [9.17, 15) is 9.59 Å². The van der Waals surface area contributed by atoms with E-state index >= 15 is 0 Å². The molecule has 6 nitrogen and oxygen atoms in total. The minimum absolute atomic E-state index is 0. The summed E-state index contributed by atoms with van der Waals surface area (Å²) < 4.78 is 5.42. The number of nitrogens with one attached hydrogen (secondary N) is 2. The molecule has 2 N–H and O–H groups in total. The SMILES string of the molecule is CN(C)C(=O)COc1cccc(NC(=O)C2CCNC2)c1.Cl. The van der Waals surface area contributed by atoms with Gasteiger partial charge in [-0.05, 0) is 25.1 Å². The van der Waals surface area contributed by atoms with Crippen LogP contribution in [0.2, 0.25) is 0 Å². The first-order chi connectivity index (χ1) is 10.1. The van der Waals surface area contributed by atoms with Gasteiger partial charge in [0.1, 0.15) is 5.75 Å². The number of hydrogen-bond donors (Lipinski definition) is 2. The largest absolute Gasteiger partial charge is 0.484 e. The Morgan fingerprint density at radius 1 is 1.41 bits per heavy atom. The molecule has 0 aromatic heterocycles. The van der Waals surface area contributed by atoms with E-state index in [0.29, 0.717) is 11.4 Å². The Balaban J connectivity index is 0.00000242. The Kier molecular flexibility index (Phi) is 7.14. The van der Waals surface area contributed by atoms with Gasteiger partial charge in [-0.15, -0.1) is 12.4 Å². The second kappa shape index (κ2) is 8.60. The highest BCUT2D eigenvalue weighted by Gasteiger charge is 2.22. The molecule has 1 aromatic carbocycles. The van der Waals surface area contributed by atoms with Crippen molar-refractivity contribution in [2.45, 2.75) is 6.42 Å². The third-order valence-electron chi connectivity index (χ3n) is 3.39. The number of anilines is 1. The van der Waals surface area contributed by atoms with Gasteiger partial charge < -0.3 is 20.3 Å². The minimum Gasteiger partial charge on any atom is -0.484 e. The summed E-state index contributed by atoms with van der Waals surface area (Å²) in [4.78, 5) is 25.0. The van der Waals surface area contributed by atoms with Crippen molar-refractivity contribution in [1.29, 1.82) is 0 Å². The first-order valence-electron chi connectivity index (χ1n) is 7.01. The molecule has 1 fully saturated rings. The normalized spacial score (nSPS) is 16.5. The second-order valence-corrected chi connectivity index (χ2v) is 5.28. The molecule has 1 aliphatic heterocycles. The lowest BCUT2D eigenvalue weighted by Crippen LogP contribution is -2.27. The number of benzene rings is 1. The summed E-state index contributed by atoms with van der Waals surface area (Å²) in [5.41, 5.74) is 0.682. The van der Waals surface area contributed by atoms with Crippen molar-refractivity contribution in [2.24, 2.45) is 5.92 Å². The van der Waals surface area contributed by atoms with Crippen molar-refractivity contribution in [1.82, 2.24) is 10.2 Å². The molecule has 122 valence electrons. The van der Waals surface area contributed by atoms with Crippen LogP contribution in [-0.2, 0) is 9.59 Å². The third-order valence-corrected chi connectivity index (χ3v) is 3.39. The lowest BCUT2D eigenvalue weighted by molar-refractivity contribution is -0.130. The molecule has 7 heteroatoms. The molecule has 0 aliphatic carbocycles. The van der Waals surface area contributed by atoms with Crippen LogP contribution in [0.4, 0.5) is 5.69 Å². The van der Waals surface area contributed by atoms with Crippen LogP contribution in [0, 0.1) is 5.92 Å². The van der Waals surface area contributed by atoms with Gasteiger partial charge in [-0.25, -0.2) is 0 Å². The zero-order valence-electron chi connectivity index (χ0n) is 12.8. The molecular formula is C15H22ClN3O3. The highest BCUT2D eigenvalue weighted by molar-refractivity contribution is 5.93. The minimum atomic E-state index is -0.110. The molecule has 2 amide bonds. The molecular weight excluding hydrogens is 306 g/mol. The fraction of sp³-hybridized carbons (Fsp3) is 0.467. The number of carbonyl (C=O) groups excluding carboxylic acids is 2. The molecule has 1 atom stereocenters. The van der Waals surface area contributed by atoms with Crippen LogP contribution in [0.5, 0.6) is 5.75 Å². The highest BCUT2D eigenvalue weighted by Crippen LogP contribution is 2.19. The predicted octanol–water partition coefficient (Wildman–Crippen LogP) is 1.12. The van der Waals surface area contributed by atoms with Crippen LogP contribution >= 0.6 is 12.4 Å². The molecule has 2 rings (SSSR count). The number of carbonyl (C=O) groups is 2. The van der Waals surface area contributed by atoms with Crippen molar-refractivity contribution >= 4 is 29.9 Å². The zero-order valence-corrected chi connectivity index (χ0v) is 13.6. The Morgan fingerprint density at radius 2 is 2.18 bits per heavy atom. The van der Waals surface area contributed by atoms with Crippen LogP contribution in [0.1, 0.15) is 6.42 Å². The van der Waals surface area contributed by atoms with E-state index in [-0.39, 0.29) is 36.7 Å². The van der Waals surface area contributed by atoms with E-state index < -0.39 is 0 Å². The standard InChI is InChI=1S/C15H21N3O3.ClH/c1-18(2)14(19)10-21-13-5-3-4-12(8-13)17-15(20)11-6-7-16-9-11;/h3-5,8,11,16H,6-7,9-10H2,1-2H3,(H,17,20);1H. The lowest BCUT2D eigenvalue weighted by atomic mass is 10.1. The zero-order chi connectivity index (χ0) is 15.2. The number of amides is 2. The Labute approximate surface area is 136 Å². The summed E-state index contributed by atoms with van der Waals surface area (Å²) >= 11 is 0. The number of hydrogen-bond acceptors (Lipinski definition) is 4. The topological polar surface area (TPSA) is 70.7 Å². The van der Waals surface area contributed by atoms with E-state index in [1.165, 1.54) is 4.90 Å². The van der Waals surface area contributed by atoms with Gasteiger partial charge in [0.2, 0.25) is 5.91 Å². The van der Waals surface area contributed by atoms with Crippen LogP contribution in [0.3, 0.4) is 0 Å². The Hall–Kier alpha value is -1.79. The number of ether oxygens (including phenoxy) is 1. The first kappa shape index (κ1) is 18.3. The van der Waals surface area contributed by atoms with Gasteiger partial charge in [-0.2, -0.15) is 0 Å². The fourth-order valence-electron chi connectivity index (χ4n) is 2.06. The third kappa shape index (κ3) is 5.20. The Morgan fingerprint density at radius 3 is 2.82 bits per heavy atom. The van der Waals surface area contributed by atoms with Crippen molar-refractivity contribution < 1.29 is 14.3 Å². The summed E-state index contributed by atoms with van der Waals surface area (Å²) in [6.45, 7) is 1.59. The van der Waals surface area contributed by atoms with Crippen LogP contribution in [-0.4, -0.2) is 50.5 Å². The van der Waals surface area contributed by atoms with Gasteiger partial charge in [-0.1, -0.05) is 6.07 Å². The van der Waals surface area contributed by atoms with Crippen molar-refractivity contribution in [3.63, 3.8) is 0 Å². The molecule has 1 unspecified atom stereocenters. The van der Waals surface area contributed by atoms with Crippen LogP contribution in [0.25, 0.3) is 0 Å². The lowest BCUT2D eigenvalue weighted by Gasteiger charge is -2.13. The maximum absolute atomic E-state index is 12.0. The monoisotopic (exact) mass is 327 g/mol. The van der Waals surface area contributed by atoms with Gasteiger partial charge in [0.05, 0.1) is 5.92 Å². The molecule has 1 saturated heterocycles. The predicted molar refractivity (Wildman–Crippen MR) is 87.5 cm³/mol. The van der Waals surface area contributed by atoms with E-state index in [4.69, 9.17) is 4.74 Å². The van der Waals surface area contributed by atoms with E-state index in [0.717, 1.165) is 19.5 Å². The molecule has 0 saturated carbocycles. The van der Waals surface area contributed by atoms with Crippen LogP contribution < -0.4 is 15.4 Å². The van der Waals surface area contributed by atoms with Gasteiger partial charge in [0.15, 0.2) is 6.61 Å². The Bertz CT molecular complexity index is 517. The van der Waals surface area contributed by atoms with Crippen LogP contribution in [0.15, 0.2) is 24.3 Å². The molecule has 1 aliphatic rings. The molecule has 0 bridgehead atoms. The smallest absolute Gasteiger partial charge is 0.259 e. The number of halogens is 1. The molecule has 1 aromatic rings. The maximum atomic E-state index is 12.0. The summed E-state index contributed by atoms with van der Waals surface area (Å²) in [5, 5.41) is 6.05. The van der Waals surface area contributed by atoms with Gasteiger partial charge in [-0.3, -0.25) is 9.59 Å². The van der Waals surface area contributed by atoms with E-state index in [1.807, 2.05) is 0 Å². The van der Waals surface area contributed by atoms with E-state index in [1.54, 1.807) is 38.4 Å². The average Bonchev–Trinajstić information content (AvgIpc) is 2.99. The number of rotatable bonds is 5. The number of nitrogens with zero attached hydrogens (tertiary/aromatic N) is 1. The van der Waals surface area contributed by atoms with Crippen molar-refractivity contribution in [3.8, 4) is 5.75 Å². The molecule has 1 heterocycles. The second-order valence-electron chi connectivity index (χ2n) is 5.28. The van der Waals surface area contributed by atoms with Gasteiger partial charge in [0, 0.05) is 32.4 Å². The van der Waals surface area contributed by atoms with Crippen molar-refractivity contribution in [3.05, 3.63) is 24.3 Å². The molecule has 0 radical (unpaired) electrons. The molecule has 22 heavy (non-hydrogen) atoms. The summed E-state index contributed by atoms with van der Waals surface area (Å²) in [5.74, 6) is 0.487. The van der Waals surface area contributed by atoms with Gasteiger partial charge in [0.25, 0.3) is 5.91 Å². The fourth-order valence-corrected chi connectivity index (χ4v) is 2.06. The summed E-state index contributed by atoms with van der Waals surface area (Å²) in [7, 11) is 3.36. The summed E-state index contributed by atoms with van der Waals surface area (Å²) in [6.07, 6.45) is 0.860. The average molecular weight is 328 g/mol.